The van der Waals surface area contributed by atoms with Crippen molar-refractivity contribution in [3.63, 3.8) is 0 Å². The van der Waals surface area contributed by atoms with Crippen molar-refractivity contribution in [1.82, 2.24) is 5.32 Å². The van der Waals surface area contributed by atoms with Crippen molar-refractivity contribution >= 4 is 0 Å². The van der Waals surface area contributed by atoms with E-state index in [1.165, 1.54) is 6.42 Å². The van der Waals surface area contributed by atoms with E-state index in [2.05, 4.69) is 25.6 Å². The van der Waals surface area contributed by atoms with Crippen LogP contribution in [0.2, 0.25) is 0 Å². The van der Waals surface area contributed by atoms with Gasteiger partial charge >= 0.3 is 0 Å². The third-order valence-electron chi connectivity index (χ3n) is 2.87. The van der Waals surface area contributed by atoms with E-state index in [1.54, 1.807) is 12.1 Å². The second-order valence-corrected chi connectivity index (χ2v) is 5.16. The van der Waals surface area contributed by atoms with Crippen LogP contribution in [0.1, 0.15) is 25.8 Å². The summed E-state index contributed by atoms with van der Waals surface area (Å²) in [5, 5.41) is 12.6. The number of nitrogens with two attached hydrogens (primary N) is 1. The van der Waals surface area contributed by atoms with E-state index in [9.17, 15) is 5.11 Å². The number of rotatable bonds is 8. The van der Waals surface area contributed by atoms with Gasteiger partial charge in [0.2, 0.25) is 0 Å². The quantitative estimate of drug-likeness (QED) is 0.618. The number of phenols is 1. The van der Waals surface area contributed by atoms with Crippen LogP contribution in [-0.4, -0.2) is 24.2 Å². The standard InChI is InChI=1S/C15H25N2O/c1-12(2)7-9-17-10-8-14(16)11-13-3-5-15(18)6-4-13/h3-6,8,12,14,17-18H,7,9-11,16H2,1-2H3/t14-/m0/s1. The van der Waals surface area contributed by atoms with E-state index < -0.39 is 0 Å². The summed E-state index contributed by atoms with van der Waals surface area (Å²) in [5.41, 5.74) is 7.18. The maximum atomic E-state index is 9.19. The number of hydrogen-bond acceptors (Lipinski definition) is 3. The fourth-order valence-electron chi connectivity index (χ4n) is 1.72. The zero-order valence-corrected chi connectivity index (χ0v) is 11.4. The SMILES string of the molecule is CC(C)CCNC[CH][C@H](N)Cc1ccc(O)cc1. The van der Waals surface area contributed by atoms with Crippen LogP contribution in [0.5, 0.6) is 5.75 Å². The lowest BCUT2D eigenvalue weighted by Crippen LogP contribution is -2.30. The van der Waals surface area contributed by atoms with Crippen LogP contribution >= 0.6 is 0 Å². The summed E-state index contributed by atoms with van der Waals surface area (Å²) in [7, 11) is 0. The highest BCUT2D eigenvalue weighted by atomic mass is 16.3. The van der Waals surface area contributed by atoms with Crippen LogP contribution in [-0.2, 0) is 6.42 Å². The Kier molecular flexibility index (Phi) is 6.76. The van der Waals surface area contributed by atoms with Crippen LogP contribution in [0.25, 0.3) is 0 Å². The van der Waals surface area contributed by atoms with E-state index in [0.29, 0.717) is 5.75 Å². The molecule has 0 aromatic heterocycles. The molecule has 1 atom stereocenters. The molecule has 0 saturated heterocycles. The molecule has 3 nitrogen and oxygen atoms in total. The largest absolute Gasteiger partial charge is 0.508 e. The first kappa shape index (κ1) is 15.0. The predicted molar refractivity (Wildman–Crippen MR) is 76.4 cm³/mol. The maximum Gasteiger partial charge on any atom is 0.115 e. The van der Waals surface area contributed by atoms with Gasteiger partial charge in [0.15, 0.2) is 0 Å². The molecule has 0 unspecified atom stereocenters. The molecule has 0 spiro atoms. The summed E-state index contributed by atoms with van der Waals surface area (Å²) >= 11 is 0. The summed E-state index contributed by atoms with van der Waals surface area (Å²) in [5.74, 6) is 1.04. The number of benzene rings is 1. The first-order valence-electron chi connectivity index (χ1n) is 6.65. The molecule has 0 amide bonds. The molecule has 0 heterocycles. The van der Waals surface area contributed by atoms with Gasteiger partial charge in [-0.05, 0) is 56.0 Å². The minimum absolute atomic E-state index is 0.0566. The highest BCUT2D eigenvalue weighted by Gasteiger charge is 2.04. The molecule has 0 fully saturated rings. The van der Waals surface area contributed by atoms with Crippen molar-refractivity contribution in [2.75, 3.05) is 13.1 Å². The zero-order valence-electron chi connectivity index (χ0n) is 11.4. The molecule has 0 saturated carbocycles. The zero-order chi connectivity index (χ0) is 13.4. The van der Waals surface area contributed by atoms with Crippen molar-refractivity contribution in [3.8, 4) is 5.75 Å². The van der Waals surface area contributed by atoms with Gasteiger partial charge in [-0.15, -0.1) is 0 Å². The average molecular weight is 249 g/mol. The van der Waals surface area contributed by atoms with E-state index >= 15 is 0 Å². The monoisotopic (exact) mass is 249 g/mol. The highest BCUT2D eigenvalue weighted by Crippen LogP contribution is 2.11. The summed E-state index contributed by atoms with van der Waals surface area (Å²) in [4.78, 5) is 0. The van der Waals surface area contributed by atoms with Crippen LogP contribution in [0, 0.1) is 12.3 Å². The molecule has 0 aliphatic heterocycles. The minimum Gasteiger partial charge on any atom is -0.508 e. The summed E-state index contributed by atoms with van der Waals surface area (Å²) in [6, 6.07) is 7.28. The van der Waals surface area contributed by atoms with Gasteiger partial charge in [0.25, 0.3) is 0 Å². The molecule has 0 aliphatic carbocycles. The summed E-state index contributed by atoms with van der Waals surface area (Å²) in [6.45, 7) is 6.34. The van der Waals surface area contributed by atoms with Gasteiger partial charge in [0.05, 0.1) is 0 Å². The van der Waals surface area contributed by atoms with Gasteiger partial charge < -0.3 is 16.2 Å². The lowest BCUT2D eigenvalue weighted by Gasteiger charge is -2.12. The van der Waals surface area contributed by atoms with Gasteiger partial charge in [-0.3, -0.25) is 0 Å². The molecule has 18 heavy (non-hydrogen) atoms. The minimum atomic E-state index is 0.0566. The lowest BCUT2D eigenvalue weighted by molar-refractivity contribution is 0.475. The Labute approximate surface area is 110 Å². The average Bonchev–Trinajstić information content (AvgIpc) is 2.31. The van der Waals surface area contributed by atoms with Crippen molar-refractivity contribution in [2.24, 2.45) is 11.7 Å². The van der Waals surface area contributed by atoms with E-state index in [0.717, 1.165) is 31.0 Å². The van der Waals surface area contributed by atoms with E-state index in [1.807, 2.05) is 12.1 Å². The van der Waals surface area contributed by atoms with Crippen molar-refractivity contribution in [1.29, 1.82) is 0 Å². The number of phenolic OH excluding ortho intramolecular Hbond substituents is 1. The fourth-order valence-corrected chi connectivity index (χ4v) is 1.72. The molecular formula is C15H25N2O. The van der Waals surface area contributed by atoms with E-state index in [-0.39, 0.29) is 6.04 Å². The Morgan fingerprint density at radius 3 is 2.56 bits per heavy atom. The van der Waals surface area contributed by atoms with Crippen molar-refractivity contribution in [3.05, 3.63) is 36.2 Å². The topological polar surface area (TPSA) is 58.3 Å². The Morgan fingerprint density at radius 2 is 1.94 bits per heavy atom. The lowest BCUT2D eigenvalue weighted by atomic mass is 10.0. The predicted octanol–water partition coefficient (Wildman–Crippen LogP) is 2.10. The summed E-state index contributed by atoms with van der Waals surface area (Å²) in [6.07, 6.45) is 4.11. The molecule has 0 aliphatic rings. The van der Waals surface area contributed by atoms with Gasteiger partial charge in [0, 0.05) is 6.04 Å². The van der Waals surface area contributed by atoms with Crippen LogP contribution in [0.4, 0.5) is 0 Å². The van der Waals surface area contributed by atoms with Crippen molar-refractivity contribution < 1.29 is 5.11 Å². The van der Waals surface area contributed by atoms with Crippen LogP contribution in [0.15, 0.2) is 24.3 Å². The number of nitrogens with one attached hydrogen (secondary N) is 1. The maximum absolute atomic E-state index is 9.19. The third-order valence-corrected chi connectivity index (χ3v) is 2.87. The molecular weight excluding hydrogens is 224 g/mol. The third kappa shape index (κ3) is 6.62. The molecule has 0 bridgehead atoms. The molecule has 101 valence electrons. The summed E-state index contributed by atoms with van der Waals surface area (Å²) < 4.78 is 0. The Hall–Kier alpha value is -1.06. The number of aromatic hydroxyl groups is 1. The van der Waals surface area contributed by atoms with E-state index in [4.69, 9.17) is 5.73 Å². The normalized spacial score (nSPS) is 12.9. The molecule has 1 aromatic carbocycles. The Bertz CT molecular complexity index is 322. The Morgan fingerprint density at radius 1 is 1.28 bits per heavy atom. The highest BCUT2D eigenvalue weighted by molar-refractivity contribution is 5.26. The van der Waals surface area contributed by atoms with Crippen LogP contribution < -0.4 is 11.1 Å². The molecule has 1 radical (unpaired) electrons. The number of hydrogen-bond donors (Lipinski definition) is 3. The van der Waals surface area contributed by atoms with Gasteiger partial charge in [-0.2, -0.15) is 0 Å². The molecule has 4 N–H and O–H groups in total. The molecule has 3 heteroatoms. The van der Waals surface area contributed by atoms with Crippen molar-refractivity contribution in [2.45, 2.75) is 32.7 Å². The second kappa shape index (κ2) is 8.11. The second-order valence-electron chi connectivity index (χ2n) is 5.16. The van der Waals surface area contributed by atoms with Gasteiger partial charge in [-0.1, -0.05) is 26.0 Å². The van der Waals surface area contributed by atoms with Crippen LogP contribution in [0.3, 0.4) is 0 Å². The molecule has 1 rings (SSSR count). The smallest absolute Gasteiger partial charge is 0.115 e. The fraction of sp³-hybridized carbons (Fsp3) is 0.533. The van der Waals surface area contributed by atoms with Gasteiger partial charge in [0.1, 0.15) is 5.75 Å². The Balaban J connectivity index is 2.13. The van der Waals surface area contributed by atoms with Gasteiger partial charge in [-0.25, -0.2) is 0 Å². The molecule has 1 aromatic rings. The first-order valence-corrected chi connectivity index (χ1v) is 6.65. The first-order chi connectivity index (χ1) is 8.58.